The van der Waals surface area contributed by atoms with E-state index in [9.17, 15) is 15.3 Å². The van der Waals surface area contributed by atoms with Gasteiger partial charge in [-0.25, -0.2) is 0 Å². The number of phenolic OH excluding ortho intramolecular Hbond substituents is 2. The van der Waals surface area contributed by atoms with Crippen molar-refractivity contribution in [2.75, 3.05) is 32.8 Å². The van der Waals surface area contributed by atoms with Gasteiger partial charge in [0.05, 0.1) is 0 Å². The third-order valence-corrected chi connectivity index (χ3v) is 3.30. The molecule has 1 aliphatic rings. The molecule has 0 spiro atoms. The number of nitrogens with zero attached hydrogens (tertiary/aromatic N) is 1. The highest BCUT2D eigenvalue weighted by molar-refractivity contribution is 5.85. The lowest BCUT2D eigenvalue weighted by Crippen LogP contribution is -2.45. The Morgan fingerprint density at radius 3 is 2.21 bits per heavy atom. The van der Waals surface area contributed by atoms with Gasteiger partial charge in [0, 0.05) is 44.9 Å². The predicted octanol–water partition coefficient (Wildman–Crippen LogP) is 0.848. The van der Waals surface area contributed by atoms with Gasteiger partial charge in [-0.05, 0) is 24.1 Å². The summed E-state index contributed by atoms with van der Waals surface area (Å²) in [7, 11) is 0. The summed E-state index contributed by atoms with van der Waals surface area (Å²) in [4.78, 5) is 2.26. The summed E-state index contributed by atoms with van der Waals surface area (Å²) in [6.45, 7) is 3.74. The minimum atomic E-state index is 0. The number of benzene rings is 1. The summed E-state index contributed by atoms with van der Waals surface area (Å²) in [5.74, 6) is 0.117. The molecule has 0 saturated carbocycles. The third-order valence-electron chi connectivity index (χ3n) is 3.30. The molecule has 1 saturated heterocycles. The van der Waals surface area contributed by atoms with E-state index in [2.05, 4.69) is 10.2 Å². The normalized spacial score (nSPS) is 17.7. The first kappa shape index (κ1) is 16.0. The van der Waals surface area contributed by atoms with Gasteiger partial charge in [0.15, 0.2) is 0 Å². The van der Waals surface area contributed by atoms with Crippen LogP contribution >= 0.6 is 12.4 Å². The molecular weight excluding hydrogens is 268 g/mol. The molecule has 1 heterocycles. The number of aliphatic hydroxyl groups excluding tert-OH is 1. The van der Waals surface area contributed by atoms with Crippen LogP contribution in [0.15, 0.2) is 18.2 Å². The molecule has 1 aromatic rings. The van der Waals surface area contributed by atoms with E-state index in [4.69, 9.17) is 0 Å². The number of hydrogen-bond donors (Lipinski definition) is 4. The smallest absolute Gasteiger partial charge is 0.119 e. The Hall–Kier alpha value is -1.01. The van der Waals surface area contributed by atoms with Crippen molar-refractivity contribution >= 4 is 12.4 Å². The monoisotopic (exact) mass is 288 g/mol. The molecule has 0 aromatic heterocycles. The Morgan fingerprint density at radius 2 is 1.68 bits per heavy atom. The summed E-state index contributed by atoms with van der Waals surface area (Å²) >= 11 is 0. The molecule has 0 aliphatic carbocycles. The fourth-order valence-electron chi connectivity index (χ4n) is 2.49. The fourth-order valence-corrected chi connectivity index (χ4v) is 2.49. The number of nitrogens with one attached hydrogen (secondary N) is 1. The van der Waals surface area contributed by atoms with Crippen LogP contribution in [0.25, 0.3) is 0 Å². The van der Waals surface area contributed by atoms with E-state index in [1.165, 1.54) is 6.07 Å². The van der Waals surface area contributed by atoms with E-state index in [1.54, 1.807) is 12.1 Å². The van der Waals surface area contributed by atoms with E-state index < -0.39 is 0 Å². The first-order valence-electron chi connectivity index (χ1n) is 6.29. The highest BCUT2D eigenvalue weighted by atomic mass is 35.5. The minimum absolute atomic E-state index is 0. The maximum atomic E-state index is 9.56. The molecule has 2 rings (SSSR count). The molecule has 0 bridgehead atoms. The van der Waals surface area contributed by atoms with Crippen molar-refractivity contribution < 1.29 is 15.3 Å². The summed E-state index contributed by atoms with van der Waals surface area (Å²) in [5.41, 5.74) is 0.850. The van der Waals surface area contributed by atoms with Gasteiger partial charge in [-0.3, -0.25) is 4.90 Å². The molecule has 0 amide bonds. The van der Waals surface area contributed by atoms with E-state index in [1.807, 2.05) is 0 Å². The molecule has 19 heavy (non-hydrogen) atoms. The van der Waals surface area contributed by atoms with Crippen LogP contribution in [0.2, 0.25) is 0 Å². The molecule has 1 atom stereocenters. The van der Waals surface area contributed by atoms with Crippen molar-refractivity contribution in [3.63, 3.8) is 0 Å². The lowest BCUT2D eigenvalue weighted by Gasteiger charge is -2.35. The van der Waals surface area contributed by atoms with Crippen molar-refractivity contribution in [3.8, 4) is 11.5 Å². The van der Waals surface area contributed by atoms with E-state index in [0.29, 0.717) is 6.42 Å². The Labute approximate surface area is 119 Å². The number of aliphatic hydroxyl groups is 1. The van der Waals surface area contributed by atoms with Crippen molar-refractivity contribution in [2.24, 2.45) is 0 Å². The van der Waals surface area contributed by atoms with Crippen LogP contribution < -0.4 is 5.32 Å². The van der Waals surface area contributed by atoms with Crippen LogP contribution in [-0.2, 0) is 0 Å². The Morgan fingerprint density at radius 1 is 1.11 bits per heavy atom. The summed E-state index contributed by atoms with van der Waals surface area (Å²) in [5, 5.41) is 31.6. The van der Waals surface area contributed by atoms with Gasteiger partial charge in [-0.15, -0.1) is 12.4 Å². The molecule has 1 fully saturated rings. The van der Waals surface area contributed by atoms with Crippen LogP contribution in [0.3, 0.4) is 0 Å². The topological polar surface area (TPSA) is 76.0 Å². The fraction of sp³-hybridized carbons (Fsp3) is 0.538. The zero-order valence-electron chi connectivity index (χ0n) is 10.7. The molecule has 1 aromatic carbocycles. The largest absolute Gasteiger partial charge is 0.508 e. The van der Waals surface area contributed by atoms with Gasteiger partial charge in [0.25, 0.3) is 0 Å². The van der Waals surface area contributed by atoms with Crippen LogP contribution in [-0.4, -0.2) is 53.0 Å². The molecular formula is C13H21ClN2O3. The average Bonchev–Trinajstić information content (AvgIpc) is 2.36. The second kappa shape index (κ2) is 7.55. The second-order valence-electron chi connectivity index (χ2n) is 4.60. The molecule has 6 heteroatoms. The van der Waals surface area contributed by atoms with Gasteiger partial charge >= 0.3 is 0 Å². The molecule has 0 unspecified atom stereocenters. The Balaban J connectivity index is 0.00000180. The van der Waals surface area contributed by atoms with Gasteiger partial charge in [0.1, 0.15) is 11.5 Å². The quantitative estimate of drug-likeness (QED) is 0.661. The van der Waals surface area contributed by atoms with E-state index in [0.717, 1.165) is 31.7 Å². The highest BCUT2D eigenvalue weighted by Gasteiger charge is 2.22. The first-order valence-corrected chi connectivity index (χ1v) is 6.29. The molecule has 4 N–H and O–H groups in total. The van der Waals surface area contributed by atoms with Crippen LogP contribution in [0, 0.1) is 0 Å². The van der Waals surface area contributed by atoms with Gasteiger partial charge in [-0.1, -0.05) is 0 Å². The van der Waals surface area contributed by atoms with Crippen molar-refractivity contribution in [2.45, 2.75) is 12.5 Å². The highest BCUT2D eigenvalue weighted by Crippen LogP contribution is 2.30. The maximum absolute atomic E-state index is 9.56. The predicted molar refractivity (Wildman–Crippen MR) is 75.9 cm³/mol. The number of hydrogen-bond acceptors (Lipinski definition) is 5. The maximum Gasteiger partial charge on any atom is 0.119 e. The lowest BCUT2D eigenvalue weighted by atomic mass is 10.0. The summed E-state index contributed by atoms with van der Waals surface area (Å²) in [6, 6.07) is 4.66. The van der Waals surface area contributed by atoms with Crippen LogP contribution in [0.1, 0.15) is 18.0 Å². The lowest BCUT2D eigenvalue weighted by molar-refractivity contribution is 0.141. The van der Waals surface area contributed by atoms with Gasteiger partial charge in [-0.2, -0.15) is 0 Å². The molecule has 0 radical (unpaired) electrons. The number of piperazine rings is 1. The number of halogens is 1. The number of phenols is 2. The number of rotatable bonds is 4. The Kier molecular flexibility index (Phi) is 6.37. The van der Waals surface area contributed by atoms with Gasteiger partial charge in [0.2, 0.25) is 0 Å². The van der Waals surface area contributed by atoms with Crippen molar-refractivity contribution in [3.05, 3.63) is 23.8 Å². The van der Waals surface area contributed by atoms with E-state index in [-0.39, 0.29) is 36.6 Å². The van der Waals surface area contributed by atoms with Crippen LogP contribution in [0.4, 0.5) is 0 Å². The summed E-state index contributed by atoms with van der Waals surface area (Å²) in [6.07, 6.45) is 0.600. The minimum Gasteiger partial charge on any atom is -0.508 e. The SMILES string of the molecule is Cl.OCC[C@@H](c1cc(O)cc(O)c1)N1CCNCC1. The molecule has 1 aliphatic heterocycles. The zero-order chi connectivity index (χ0) is 13.0. The standard InChI is InChI=1S/C13H20N2O3.ClH/c16-6-1-13(15-4-2-14-3-5-15)10-7-11(17)9-12(18)8-10;/h7-9,13-14,16-18H,1-6H2;1H/t13-;/m0./s1. The van der Waals surface area contributed by atoms with Gasteiger partial charge < -0.3 is 20.6 Å². The van der Waals surface area contributed by atoms with Crippen LogP contribution in [0.5, 0.6) is 11.5 Å². The zero-order valence-corrected chi connectivity index (χ0v) is 11.6. The first-order chi connectivity index (χ1) is 8.70. The Bertz CT molecular complexity index is 377. The van der Waals surface area contributed by atoms with E-state index >= 15 is 0 Å². The van der Waals surface area contributed by atoms with Crippen molar-refractivity contribution in [1.82, 2.24) is 10.2 Å². The third kappa shape index (κ3) is 4.24. The second-order valence-corrected chi connectivity index (χ2v) is 4.60. The average molecular weight is 289 g/mol. The summed E-state index contributed by atoms with van der Waals surface area (Å²) < 4.78 is 0. The molecule has 5 nitrogen and oxygen atoms in total. The molecule has 108 valence electrons. The number of aromatic hydroxyl groups is 2. The van der Waals surface area contributed by atoms with Crippen molar-refractivity contribution in [1.29, 1.82) is 0 Å².